The Balaban J connectivity index is 1.20. The van der Waals surface area contributed by atoms with Crippen LogP contribution >= 0.6 is 23.2 Å². The van der Waals surface area contributed by atoms with Crippen LogP contribution in [0.25, 0.3) is 11.1 Å². The summed E-state index contributed by atoms with van der Waals surface area (Å²) in [7, 11) is 0. The molecular weight excluding hydrogens is 609 g/mol. The second-order valence-corrected chi connectivity index (χ2v) is 11.9. The monoisotopic (exact) mass is 641 g/mol. The topological polar surface area (TPSA) is 85.6 Å². The van der Waals surface area contributed by atoms with Crippen molar-refractivity contribution in [2.24, 2.45) is 5.92 Å². The van der Waals surface area contributed by atoms with Crippen molar-refractivity contribution in [1.29, 1.82) is 0 Å². The third kappa shape index (κ3) is 7.14. The number of ether oxygens (including phenoxy) is 2. The van der Waals surface area contributed by atoms with E-state index >= 15 is 0 Å². The summed E-state index contributed by atoms with van der Waals surface area (Å²) in [5, 5.41) is 13.1. The molecule has 1 amide bonds. The van der Waals surface area contributed by atoms with E-state index in [0.717, 1.165) is 33.4 Å². The zero-order valence-corrected chi connectivity index (χ0v) is 26.2. The first-order valence-corrected chi connectivity index (χ1v) is 15.5. The highest BCUT2D eigenvalue weighted by atomic mass is 35.5. The number of carbonyl (C=O) groups is 1. The fourth-order valence-corrected chi connectivity index (χ4v) is 5.87. The molecule has 4 unspecified atom stereocenters. The Bertz CT molecular complexity index is 1740. The molecule has 4 atom stereocenters. The van der Waals surface area contributed by atoms with Gasteiger partial charge in [0.05, 0.1) is 31.7 Å². The van der Waals surface area contributed by atoms with Crippen LogP contribution in [0.5, 0.6) is 0 Å². The smallest absolute Gasteiger partial charge is 0.251 e. The molecule has 0 spiro atoms. The lowest BCUT2D eigenvalue weighted by molar-refractivity contribution is -0.276. The van der Waals surface area contributed by atoms with E-state index in [2.05, 4.69) is 29.4 Å². The van der Waals surface area contributed by atoms with Gasteiger partial charge >= 0.3 is 0 Å². The number of aromatic nitrogens is 2. The number of benzene rings is 4. The van der Waals surface area contributed by atoms with E-state index in [1.54, 1.807) is 23.0 Å². The summed E-state index contributed by atoms with van der Waals surface area (Å²) in [5.41, 5.74) is 6.43. The number of amides is 1. The van der Waals surface area contributed by atoms with Gasteiger partial charge in [0.15, 0.2) is 11.4 Å². The van der Waals surface area contributed by atoms with Gasteiger partial charge in [0.2, 0.25) is 0 Å². The minimum atomic E-state index is -0.625. The molecule has 0 saturated carbocycles. The van der Waals surface area contributed by atoms with Gasteiger partial charge in [-0.2, -0.15) is 0 Å². The lowest BCUT2D eigenvalue weighted by Gasteiger charge is -2.41. The predicted octanol–water partition coefficient (Wildman–Crippen LogP) is 7.77. The number of hydrogen-bond acceptors (Lipinski definition) is 5. The van der Waals surface area contributed by atoms with Crippen molar-refractivity contribution in [3.8, 4) is 11.1 Å². The Morgan fingerprint density at radius 3 is 2.29 bits per heavy atom. The third-order valence-electron chi connectivity index (χ3n) is 8.17. The summed E-state index contributed by atoms with van der Waals surface area (Å²) in [5.74, 6) is -0.130. The van der Waals surface area contributed by atoms with Gasteiger partial charge in [-0.15, -0.1) is 0 Å². The molecule has 1 aromatic heterocycles. The summed E-state index contributed by atoms with van der Waals surface area (Å²) in [6.07, 6.45) is 0.477. The van der Waals surface area contributed by atoms with Crippen LogP contribution in [0.1, 0.15) is 51.9 Å². The average molecular weight is 643 g/mol. The SMILES string of the molecule is CC1C(Cn2cnc(Cl)c2Cl)OC(c2ccc(-c3cccc(CNC(=O)c4ccccc4)c3)cc2)OC1c1ccc(CO)cc1. The van der Waals surface area contributed by atoms with Crippen molar-refractivity contribution < 1.29 is 19.4 Å². The largest absolute Gasteiger partial charge is 0.392 e. The zero-order valence-electron chi connectivity index (χ0n) is 24.6. The van der Waals surface area contributed by atoms with Crippen molar-refractivity contribution in [3.63, 3.8) is 0 Å². The Morgan fingerprint density at radius 1 is 0.867 bits per heavy atom. The van der Waals surface area contributed by atoms with Crippen LogP contribution in [-0.2, 0) is 29.2 Å². The number of aliphatic hydroxyl groups excluding tert-OH is 1. The molecule has 5 aromatic rings. The van der Waals surface area contributed by atoms with E-state index < -0.39 is 6.29 Å². The Morgan fingerprint density at radius 2 is 1.60 bits per heavy atom. The maximum Gasteiger partial charge on any atom is 0.251 e. The van der Waals surface area contributed by atoms with Gasteiger partial charge in [-0.3, -0.25) is 4.79 Å². The molecule has 9 heteroatoms. The Labute approximate surface area is 272 Å². The van der Waals surface area contributed by atoms with Gasteiger partial charge in [0.1, 0.15) is 5.15 Å². The molecule has 0 aliphatic carbocycles. The highest BCUT2D eigenvalue weighted by Crippen LogP contribution is 2.42. The molecule has 4 aromatic carbocycles. The first-order valence-electron chi connectivity index (χ1n) is 14.8. The highest BCUT2D eigenvalue weighted by Gasteiger charge is 2.38. The van der Waals surface area contributed by atoms with Crippen LogP contribution in [0.4, 0.5) is 0 Å². The molecule has 2 heterocycles. The molecule has 7 nitrogen and oxygen atoms in total. The molecule has 0 radical (unpaired) electrons. The molecule has 1 fully saturated rings. The maximum absolute atomic E-state index is 12.5. The summed E-state index contributed by atoms with van der Waals surface area (Å²) in [6.45, 7) is 2.95. The van der Waals surface area contributed by atoms with E-state index in [0.29, 0.717) is 23.8 Å². The quantitative estimate of drug-likeness (QED) is 0.172. The first kappa shape index (κ1) is 31.0. The minimum absolute atomic E-state index is 0.0206. The van der Waals surface area contributed by atoms with Gasteiger partial charge < -0.3 is 24.5 Å². The van der Waals surface area contributed by atoms with Crippen molar-refractivity contribution in [1.82, 2.24) is 14.9 Å². The Hall–Kier alpha value is -3.98. The molecule has 0 bridgehead atoms. The van der Waals surface area contributed by atoms with Gasteiger partial charge in [0, 0.05) is 23.6 Å². The number of halogens is 2. The van der Waals surface area contributed by atoms with E-state index in [1.165, 1.54) is 0 Å². The number of imidazole rings is 1. The number of rotatable bonds is 9. The Kier molecular flexibility index (Phi) is 9.64. The van der Waals surface area contributed by atoms with Gasteiger partial charge in [-0.25, -0.2) is 4.98 Å². The van der Waals surface area contributed by atoms with Crippen LogP contribution < -0.4 is 5.32 Å². The van der Waals surface area contributed by atoms with Crippen LogP contribution in [0, 0.1) is 5.92 Å². The van der Waals surface area contributed by atoms with Crippen molar-refractivity contribution in [2.45, 2.75) is 45.1 Å². The molecule has 1 aliphatic heterocycles. The van der Waals surface area contributed by atoms with Crippen LogP contribution in [0.3, 0.4) is 0 Å². The van der Waals surface area contributed by atoms with E-state index in [-0.39, 0.29) is 35.8 Å². The second-order valence-electron chi connectivity index (χ2n) is 11.2. The standard InChI is InChI=1S/C36H33Cl2N3O4/c1-23-31(20-41-22-40-33(37)34(41)38)44-36(45-32(23)27-12-10-24(21-42)11-13-27)29-16-14-26(15-17-29)30-9-5-6-25(18-30)19-39-35(43)28-7-3-2-4-8-28/h2-18,22-23,31-32,36,42H,19-21H2,1H3,(H,39,43). The fourth-order valence-electron chi connectivity index (χ4n) is 5.56. The van der Waals surface area contributed by atoms with Crippen molar-refractivity contribution in [2.75, 3.05) is 0 Å². The molecule has 6 rings (SSSR count). The molecule has 45 heavy (non-hydrogen) atoms. The number of nitrogens with one attached hydrogen (secondary N) is 1. The van der Waals surface area contributed by atoms with Crippen LogP contribution in [-0.4, -0.2) is 26.7 Å². The molecule has 230 valence electrons. The van der Waals surface area contributed by atoms with Gasteiger partial charge in [0.25, 0.3) is 5.91 Å². The van der Waals surface area contributed by atoms with E-state index in [4.69, 9.17) is 32.7 Å². The van der Waals surface area contributed by atoms with E-state index in [1.807, 2.05) is 78.9 Å². The number of hydrogen-bond donors (Lipinski definition) is 2. The summed E-state index contributed by atoms with van der Waals surface area (Å²) in [4.78, 5) is 16.6. The first-order chi connectivity index (χ1) is 21.9. The maximum atomic E-state index is 12.5. The lowest BCUT2D eigenvalue weighted by atomic mass is 9.90. The second kappa shape index (κ2) is 14.0. The van der Waals surface area contributed by atoms with E-state index in [9.17, 15) is 9.90 Å². The normalized spacial score (nSPS) is 19.7. The number of nitrogens with zero attached hydrogens (tertiary/aromatic N) is 2. The molecule has 1 saturated heterocycles. The molecule has 2 N–H and O–H groups in total. The average Bonchev–Trinajstić information content (AvgIpc) is 3.41. The summed E-state index contributed by atoms with van der Waals surface area (Å²) >= 11 is 12.5. The minimum Gasteiger partial charge on any atom is -0.392 e. The fraction of sp³-hybridized carbons (Fsp3) is 0.222. The molecule has 1 aliphatic rings. The number of aliphatic hydroxyl groups is 1. The van der Waals surface area contributed by atoms with Crippen molar-refractivity contribution >= 4 is 29.1 Å². The third-order valence-corrected chi connectivity index (χ3v) is 8.93. The van der Waals surface area contributed by atoms with Crippen molar-refractivity contribution in [3.05, 3.63) is 148 Å². The lowest BCUT2D eigenvalue weighted by Crippen LogP contribution is -2.39. The van der Waals surface area contributed by atoms with Crippen LogP contribution in [0.2, 0.25) is 10.3 Å². The predicted molar refractivity (Wildman–Crippen MR) is 175 cm³/mol. The highest BCUT2D eigenvalue weighted by molar-refractivity contribution is 6.40. The van der Waals surface area contributed by atoms with Gasteiger partial charge in [-0.1, -0.05) is 115 Å². The molecular formula is C36H33Cl2N3O4. The summed E-state index contributed by atoms with van der Waals surface area (Å²) in [6, 6.07) is 33.3. The van der Waals surface area contributed by atoms with Crippen LogP contribution in [0.15, 0.2) is 109 Å². The summed E-state index contributed by atoms with van der Waals surface area (Å²) < 4.78 is 14.9. The number of carbonyl (C=O) groups excluding carboxylic acids is 1. The zero-order chi connectivity index (χ0) is 31.3. The van der Waals surface area contributed by atoms with Gasteiger partial charge in [-0.05, 0) is 46.0 Å².